The lowest BCUT2D eigenvalue weighted by molar-refractivity contribution is -0.142. The van der Waals surface area contributed by atoms with Gasteiger partial charge in [-0.2, -0.15) is 0 Å². The summed E-state index contributed by atoms with van der Waals surface area (Å²) in [6.07, 6.45) is 2.74. The minimum absolute atomic E-state index is 0.196. The van der Waals surface area contributed by atoms with Gasteiger partial charge in [0.15, 0.2) is 0 Å². The maximum absolute atomic E-state index is 11.6. The van der Waals surface area contributed by atoms with E-state index in [2.05, 4.69) is 36.5 Å². The molecule has 0 aliphatic heterocycles. The highest BCUT2D eigenvalue weighted by atomic mass is 16.5. The quantitative estimate of drug-likeness (QED) is 0.227. The number of nitrogens with one attached hydrogen (secondary N) is 1. The zero-order valence-corrected chi connectivity index (χ0v) is 20.6. The summed E-state index contributed by atoms with van der Waals surface area (Å²) in [5.74, 6) is -2.13. The Morgan fingerprint density at radius 2 is 1.61 bits per heavy atom. The van der Waals surface area contributed by atoms with Gasteiger partial charge < -0.3 is 30.1 Å². The molecule has 0 aliphatic carbocycles. The number of hydrogen-bond acceptors (Lipinski definition) is 7. The first-order valence-electron chi connectivity index (χ1n) is 11.7. The number of carboxylic acid groups (broad SMARTS) is 2. The average Bonchev–Trinajstić information content (AvgIpc) is 2.85. The number of rotatable bonds is 14. The summed E-state index contributed by atoms with van der Waals surface area (Å²) in [6.45, 7) is 4.95. The molecule has 2 atom stereocenters. The number of aryl methyl sites for hydroxylation is 1. The van der Waals surface area contributed by atoms with Crippen molar-refractivity contribution < 1.29 is 39.2 Å². The fourth-order valence-corrected chi connectivity index (χ4v) is 2.98. The summed E-state index contributed by atoms with van der Waals surface area (Å²) in [4.78, 5) is 30.7. The van der Waals surface area contributed by atoms with Crippen molar-refractivity contribution in [3.05, 3.63) is 77.9 Å². The molecule has 2 rings (SSSR count). The van der Waals surface area contributed by atoms with Crippen LogP contribution in [0.2, 0.25) is 0 Å². The highest BCUT2D eigenvalue weighted by molar-refractivity contribution is 5.89. The lowest BCUT2D eigenvalue weighted by Gasteiger charge is -2.18. The molecule has 4 N–H and O–H groups in total. The minimum atomic E-state index is -1.26. The number of carbonyl (C=O) groups excluding carboxylic acids is 1. The van der Waals surface area contributed by atoms with Crippen LogP contribution in [0.4, 0.5) is 0 Å². The lowest BCUT2D eigenvalue weighted by Crippen LogP contribution is -2.36. The Balaban J connectivity index is 0.000000697. The Hall–Kier alpha value is -3.69. The molecule has 9 heteroatoms. The molecule has 0 aromatic heterocycles. The number of aliphatic hydroxyl groups excluding tert-OH is 1. The summed E-state index contributed by atoms with van der Waals surface area (Å²) in [6, 6.07) is 18.0. The van der Waals surface area contributed by atoms with Gasteiger partial charge in [-0.05, 0) is 49.9 Å². The van der Waals surface area contributed by atoms with Crippen LogP contribution >= 0.6 is 0 Å². The smallest absolute Gasteiger partial charge is 0.328 e. The third-order valence-corrected chi connectivity index (χ3v) is 4.77. The summed E-state index contributed by atoms with van der Waals surface area (Å²) in [7, 11) is 0. The Kier molecular flexibility index (Phi) is 14.9. The van der Waals surface area contributed by atoms with Crippen LogP contribution in [0.5, 0.6) is 5.75 Å². The van der Waals surface area contributed by atoms with Gasteiger partial charge >= 0.3 is 17.9 Å². The van der Waals surface area contributed by atoms with Crippen molar-refractivity contribution in [1.82, 2.24) is 5.32 Å². The number of ether oxygens (including phenoxy) is 2. The van der Waals surface area contributed by atoms with E-state index in [-0.39, 0.29) is 19.0 Å². The van der Waals surface area contributed by atoms with Crippen LogP contribution in [0.3, 0.4) is 0 Å². The number of carboxylic acids is 2. The SMILES string of the molecule is CCOC(=O)Cc1cccc(OCC(O)CNC(C)CCc2ccccc2)c1.O=C(O)C=CC(=O)O. The number of esters is 1. The van der Waals surface area contributed by atoms with Crippen molar-refractivity contribution in [3.8, 4) is 5.75 Å². The van der Waals surface area contributed by atoms with Crippen LogP contribution in [-0.4, -0.2) is 65.1 Å². The molecule has 2 unspecified atom stereocenters. The Bertz CT molecular complexity index is 945. The molecule has 9 nitrogen and oxygen atoms in total. The van der Waals surface area contributed by atoms with E-state index < -0.39 is 18.0 Å². The van der Waals surface area contributed by atoms with Crippen molar-refractivity contribution in [2.45, 2.75) is 45.3 Å². The Morgan fingerprint density at radius 1 is 0.972 bits per heavy atom. The fraction of sp³-hybridized carbons (Fsp3) is 0.370. The predicted octanol–water partition coefficient (Wildman–Crippen LogP) is 2.85. The van der Waals surface area contributed by atoms with Crippen molar-refractivity contribution in [1.29, 1.82) is 0 Å². The zero-order valence-electron chi connectivity index (χ0n) is 20.6. The normalized spacial score (nSPS) is 12.2. The molecule has 0 saturated heterocycles. The molecule has 0 spiro atoms. The maximum atomic E-state index is 11.6. The van der Waals surface area contributed by atoms with E-state index >= 15 is 0 Å². The summed E-state index contributed by atoms with van der Waals surface area (Å²) in [5.41, 5.74) is 2.15. The van der Waals surface area contributed by atoms with Gasteiger partial charge in [-0.3, -0.25) is 4.79 Å². The Morgan fingerprint density at radius 3 is 2.22 bits per heavy atom. The van der Waals surface area contributed by atoms with E-state index in [1.807, 2.05) is 24.3 Å². The van der Waals surface area contributed by atoms with Crippen LogP contribution < -0.4 is 10.1 Å². The monoisotopic (exact) mass is 501 g/mol. The number of benzene rings is 2. The summed E-state index contributed by atoms with van der Waals surface area (Å²) in [5, 5.41) is 29.1. The molecular formula is C27H35NO8. The third kappa shape index (κ3) is 15.3. The van der Waals surface area contributed by atoms with Gasteiger partial charge in [0, 0.05) is 24.7 Å². The molecule has 0 fully saturated rings. The molecular weight excluding hydrogens is 466 g/mol. The number of aliphatic hydroxyl groups is 1. The van der Waals surface area contributed by atoms with Crippen LogP contribution in [0.15, 0.2) is 66.7 Å². The van der Waals surface area contributed by atoms with Gasteiger partial charge in [-0.1, -0.05) is 42.5 Å². The van der Waals surface area contributed by atoms with Crippen LogP contribution in [0.25, 0.3) is 0 Å². The highest BCUT2D eigenvalue weighted by Crippen LogP contribution is 2.14. The molecule has 2 aromatic carbocycles. The van der Waals surface area contributed by atoms with Crippen molar-refractivity contribution in [2.75, 3.05) is 19.8 Å². The van der Waals surface area contributed by atoms with Crippen molar-refractivity contribution in [3.63, 3.8) is 0 Å². The molecule has 2 aromatic rings. The molecule has 0 radical (unpaired) electrons. The topological polar surface area (TPSA) is 142 Å². The van der Waals surface area contributed by atoms with Crippen molar-refractivity contribution in [2.24, 2.45) is 0 Å². The van der Waals surface area contributed by atoms with Gasteiger partial charge in [0.25, 0.3) is 0 Å². The number of carbonyl (C=O) groups is 3. The first kappa shape index (κ1) is 30.3. The highest BCUT2D eigenvalue weighted by Gasteiger charge is 2.10. The Labute approximate surface area is 211 Å². The second kappa shape index (κ2) is 17.7. The fourth-order valence-electron chi connectivity index (χ4n) is 2.98. The second-order valence-electron chi connectivity index (χ2n) is 7.94. The van der Waals surface area contributed by atoms with Gasteiger partial charge in [0.05, 0.1) is 13.0 Å². The first-order chi connectivity index (χ1) is 17.2. The van der Waals surface area contributed by atoms with Gasteiger partial charge in [-0.25, -0.2) is 9.59 Å². The van der Waals surface area contributed by atoms with Crippen LogP contribution in [0.1, 0.15) is 31.4 Å². The molecule has 0 heterocycles. The van der Waals surface area contributed by atoms with E-state index in [4.69, 9.17) is 19.7 Å². The minimum Gasteiger partial charge on any atom is -0.491 e. The molecule has 196 valence electrons. The van der Waals surface area contributed by atoms with Gasteiger partial charge in [0.2, 0.25) is 0 Å². The second-order valence-corrected chi connectivity index (χ2v) is 7.94. The molecule has 0 bridgehead atoms. The van der Waals surface area contributed by atoms with E-state index in [0.29, 0.717) is 37.1 Å². The van der Waals surface area contributed by atoms with E-state index in [0.717, 1.165) is 18.4 Å². The lowest BCUT2D eigenvalue weighted by atomic mass is 10.1. The maximum Gasteiger partial charge on any atom is 0.328 e. The number of aliphatic carboxylic acids is 2. The zero-order chi connectivity index (χ0) is 26.8. The molecule has 0 amide bonds. The van der Waals surface area contributed by atoms with Gasteiger partial charge in [-0.15, -0.1) is 0 Å². The van der Waals surface area contributed by atoms with Gasteiger partial charge in [0.1, 0.15) is 18.5 Å². The predicted molar refractivity (Wildman–Crippen MR) is 135 cm³/mol. The molecule has 36 heavy (non-hydrogen) atoms. The molecule has 0 saturated carbocycles. The summed E-state index contributed by atoms with van der Waals surface area (Å²) >= 11 is 0. The summed E-state index contributed by atoms with van der Waals surface area (Å²) < 4.78 is 10.6. The van der Waals surface area contributed by atoms with Crippen LogP contribution in [-0.2, 0) is 32.0 Å². The molecule has 0 aliphatic rings. The first-order valence-corrected chi connectivity index (χ1v) is 11.7. The van der Waals surface area contributed by atoms with Crippen molar-refractivity contribution >= 4 is 17.9 Å². The number of hydrogen-bond donors (Lipinski definition) is 4. The standard InChI is InChI=1S/C23H31NO4.C4H4O4/c1-3-27-23(26)15-20-10-7-11-22(14-20)28-17-21(25)16-24-18(2)12-13-19-8-5-4-6-9-19;5-3(6)1-2-4(7)8/h4-11,14,18,21,24-25H,3,12-13,15-17H2,1-2H3;1-2H,(H,5,6)(H,7,8). The van der Waals surface area contributed by atoms with Crippen LogP contribution in [0, 0.1) is 0 Å². The van der Waals surface area contributed by atoms with E-state index in [9.17, 15) is 19.5 Å². The van der Waals surface area contributed by atoms with E-state index in [1.54, 1.807) is 13.0 Å². The third-order valence-electron chi connectivity index (χ3n) is 4.77. The van der Waals surface area contributed by atoms with E-state index in [1.165, 1.54) is 5.56 Å². The average molecular weight is 502 g/mol. The largest absolute Gasteiger partial charge is 0.491 e.